The second-order valence-electron chi connectivity index (χ2n) is 6.25. The van der Waals surface area contributed by atoms with Gasteiger partial charge in [-0.1, -0.05) is 6.07 Å². The van der Waals surface area contributed by atoms with Gasteiger partial charge < -0.3 is 19.1 Å². The molecule has 130 valence electrons. The molecule has 0 saturated carbocycles. The van der Waals surface area contributed by atoms with E-state index in [1.54, 1.807) is 6.07 Å². The fraction of sp³-hybridized carbons (Fsp3) is 0.389. The number of nitrogens with zero attached hydrogens (tertiary/aromatic N) is 3. The molecule has 1 fully saturated rings. The van der Waals surface area contributed by atoms with Gasteiger partial charge in [-0.05, 0) is 30.7 Å². The maximum Gasteiger partial charge on any atom is 0.233 e. The van der Waals surface area contributed by atoms with Gasteiger partial charge in [0.25, 0.3) is 0 Å². The van der Waals surface area contributed by atoms with Crippen LogP contribution in [0.4, 0.5) is 0 Å². The number of hydrogen-bond acceptors (Lipinski definition) is 6. The van der Waals surface area contributed by atoms with Gasteiger partial charge in [0.05, 0.1) is 18.7 Å². The Morgan fingerprint density at radius 1 is 1.24 bits per heavy atom. The van der Waals surface area contributed by atoms with Crippen LogP contribution >= 0.6 is 0 Å². The molecule has 25 heavy (non-hydrogen) atoms. The predicted octanol–water partition coefficient (Wildman–Crippen LogP) is 1.74. The monoisotopic (exact) mass is 341 g/mol. The highest BCUT2D eigenvalue weighted by Gasteiger charge is 2.28. The van der Waals surface area contributed by atoms with Crippen molar-refractivity contribution in [2.75, 3.05) is 19.9 Å². The predicted molar refractivity (Wildman–Crippen MR) is 88.7 cm³/mol. The highest BCUT2D eigenvalue weighted by molar-refractivity contribution is 5.79. The van der Waals surface area contributed by atoms with Gasteiger partial charge in [0.2, 0.25) is 18.6 Å². The van der Waals surface area contributed by atoms with Crippen LogP contribution in [-0.2, 0) is 11.2 Å². The van der Waals surface area contributed by atoms with E-state index < -0.39 is 0 Å². The van der Waals surface area contributed by atoms with Gasteiger partial charge in [-0.2, -0.15) is 5.10 Å². The molecule has 1 amide bonds. The largest absolute Gasteiger partial charge is 0.471 e. The van der Waals surface area contributed by atoms with E-state index in [0.29, 0.717) is 31.1 Å². The van der Waals surface area contributed by atoms with E-state index in [0.717, 1.165) is 23.4 Å². The molecule has 1 aromatic carbocycles. The molecule has 4 rings (SSSR count). The molecular formula is C18H19N3O4. The third-order valence-electron chi connectivity index (χ3n) is 4.35. The summed E-state index contributed by atoms with van der Waals surface area (Å²) < 4.78 is 16.5. The standard InChI is InChI=1S/C18H19N3O4/c1-12-2-5-17(20-19-12)25-14-6-7-21(10-14)18(22)9-13-3-4-15-16(8-13)24-11-23-15/h2-5,8,14H,6-7,9-11H2,1H3. The van der Waals surface area contributed by atoms with Crippen molar-refractivity contribution in [1.82, 2.24) is 15.1 Å². The molecule has 1 unspecified atom stereocenters. The number of fused-ring (bicyclic) bond motifs is 1. The maximum atomic E-state index is 12.5. The quantitative estimate of drug-likeness (QED) is 0.843. The minimum absolute atomic E-state index is 0.0438. The third kappa shape index (κ3) is 3.50. The molecule has 0 bridgehead atoms. The molecule has 1 aromatic heterocycles. The number of aromatic nitrogens is 2. The van der Waals surface area contributed by atoms with Crippen molar-refractivity contribution in [3.63, 3.8) is 0 Å². The summed E-state index contributed by atoms with van der Waals surface area (Å²) in [5.74, 6) is 2.01. The summed E-state index contributed by atoms with van der Waals surface area (Å²) in [6.45, 7) is 3.37. The summed E-state index contributed by atoms with van der Waals surface area (Å²) in [5, 5.41) is 7.99. The average molecular weight is 341 g/mol. The van der Waals surface area contributed by atoms with Crippen LogP contribution in [0.1, 0.15) is 17.7 Å². The molecule has 1 saturated heterocycles. The minimum atomic E-state index is -0.0438. The molecule has 2 aromatic rings. The topological polar surface area (TPSA) is 73.8 Å². The van der Waals surface area contributed by atoms with Gasteiger partial charge in [0, 0.05) is 19.0 Å². The number of carbonyl (C=O) groups is 1. The number of carbonyl (C=O) groups excluding carboxylic acids is 1. The van der Waals surface area contributed by atoms with Crippen molar-refractivity contribution in [2.24, 2.45) is 0 Å². The van der Waals surface area contributed by atoms with Crippen LogP contribution in [-0.4, -0.2) is 47.0 Å². The fourth-order valence-electron chi connectivity index (χ4n) is 3.01. The second kappa shape index (κ2) is 6.58. The van der Waals surface area contributed by atoms with Crippen molar-refractivity contribution >= 4 is 5.91 Å². The smallest absolute Gasteiger partial charge is 0.233 e. The summed E-state index contributed by atoms with van der Waals surface area (Å²) in [4.78, 5) is 14.4. The van der Waals surface area contributed by atoms with Gasteiger partial charge in [-0.25, -0.2) is 0 Å². The molecule has 0 spiro atoms. The molecule has 0 N–H and O–H groups in total. The Morgan fingerprint density at radius 2 is 2.12 bits per heavy atom. The lowest BCUT2D eigenvalue weighted by Gasteiger charge is -2.17. The van der Waals surface area contributed by atoms with Crippen molar-refractivity contribution in [3.8, 4) is 17.4 Å². The second-order valence-corrected chi connectivity index (χ2v) is 6.25. The molecule has 0 radical (unpaired) electrons. The van der Waals surface area contributed by atoms with Gasteiger partial charge >= 0.3 is 0 Å². The summed E-state index contributed by atoms with van der Waals surface area (Å²) in [5.41, 5.74) is 1.77. The highest BCUT2D eigenvalue weighted by Crippen LogP contribution is 2.32. The number of ether oxygens (including phenoxy) is 3. The van der Waals surface area contributed by atoms with Crippen molar-refractivity contribution < 1.29 is 19.0 Å². The van der Waals surface area contributed by atoms with E-state index >= 15 is 0 Å². The van der Waals surface area contributed by atoms with E-state index in [4.69, 9.17) is 14.2 Å². The van der Waals surface area contributed by atoms with Crippen LogP contribution in [0.15, 0.2) is 30.3 Å². The summed E-state index contributed by atoms with van der Waals surface area (Å²) in [7, 11) is 0. The first-order valence-electron chi connectivity index (χ1n) is 8.31. The highest BCUT2D eigenvalue weighted by atomic mass is 16.7. The zero-order valence-electron chi connectivity index (χ0n) is 14.0. The summed E-state index contributed by atoms with van der Waals surface area (Å²) in [6, 6.07) is 9.28. The first-order chi connectivity index (χ1) is 12.2. The maximum absolute atomic E-state index is 12.5. The molecule has 2 aliphatic rings. The first kappa shape index (κ1) is 15.7. The van der Waals surface area contributed by atoms with Crippen LogP contribution < -0.4 is 14.2 Å². The van der Waals surface area contributed by atoms with Crippen LogP contribution in [0.2, 0.25) is 0 Å². The average Bonchev–Trinajstić information content (AvgIpc) is 3.26. The van der Waals surface area contributed by atoms with E-state index in [-0.39, 0.29) is 18.8 Å². The molecule has 2 aliphatic heterocycles. The van der Waals surface area contributed by atoms with Crippen LogP contribution in [0.3, 0.4) is 0 Å². The molecule has 7 heteroatoms. The Kier molecular flexibility index (Phi) is 4.13. The zero-order valence-corrected chi connectivity index (χ0v) is 14.0. The van der Waals surface area contributed by atoms with Crippen molar-refractivity contribution in [2.45, 2.75) is 25.9 Å². The van der Waals surface area contributed by atoms with Crippen LogP contribution in [0.25, 0.3) is 0 Å². The number of amides is 1. The number of likely N-dealkylation sites (tertiary alicyclic amines) is 1. The Labute approximate surface area is 145 Å². The van der Waals surface area contributed by atoms with E-state index in [9.17, 15) is 4.79 Å². The number of aryl methyl sites for hydroxylation is 1. The van der Waals surface area contributed by atoms with Gasteiger partial charge in [0.1, 0.15) is 6.10 Å². The molecule has 0 aliphatic carbocycles. The molecule has 7 nitrogen and oxygen atoms in total. The molecule has 3 heterocycles. The minimum Gasteiger partial charge on any atom is -0.471 e. The Hall–Kier alpha value is -2.83. The lowest BCUT2D eigenvalue weighted by Crippen LogP contribution is -2.32. The zero-order chi connectivity index (χ0) is 17.2. The Morgan fingerprint density at radius 3 is 2.96 bits per heavy atom. The van der Waals surface area contributed by atoms with E-state index in [2.05, 4.69) is 10.2 Å². The Balaban J connectivity index is 1.33. The van der Waals surface area contributed by atoms with Crippen molar-refractivity contribution in [1.29, 1.82) is 0 Å². The fourth-order valence-corrected chi connectivity index (χ4v) is 3.01. The third-order valence-corrected chi connectivity index (χ3v) is 4.35. The van der Waals surface area contributed by atoms with Crippen LogP contribution in [0.5, 0.6) is 17.4 Å². The number of benzene rings is 1. The lowest BCUT2D eigenvalue weighted by atomic mass is 10.1. The van der Waals surface area contributed by atoms with Crippen LogP contribution in [0, 0.1) is 6.92 Å². The molecular weight excluding hydrogens is 322 g/mol. The van der Waals surface area contributed by atoms with Crippen molar-refractivity contribution in [3.05, 3.63) is 41.6 Å². The Bertz CT molecular complexity index is 778. The van der Waals surface area contributed by atoms with E-state index in [1.165, 1.54) is 0 Å². The number of hydrogen-bond donors (Lipinski definition) is 0. The van der Waals surface area contributed by atoms with Gasteiger partial charge in [0.15, 0.2) is 11.5 Å². The van der Waals surface area contributed by atoms with E-state index in [1.807, 2.05) is 36.1 Å². The number of rotatable bonds is 4. The van der Waals surface area contributed by atoms with Gasteiger partial charge in [-0.3, -0.25) is 4.79 Å². The SMILES string of the molecule is Cc1ccc(OC2CCN(C(=O)Cc3ccc4c(c3)OCO4)C2)nn1. The summed E-state index contributed by atoms with van der Waals surface area (Å²) in [6.07, 6.45) is 1.09. The lowest BCUT2D eigenvalue weighted by molar-refractivity contribution is -0.129. The van der Waals surface area contributed by atoms with Gasteiger partial charge in [-0.15, -0.1) is 5.10 Å². The first-order valence-corrected chi connectivity index (χ1v) is 8.31. The normalized spacial score (nSPS) is 18.4. The molecule has 1 atom stereocenters. The summed E-state index contributed by atoms with van der Waals surface area (Å²) >= 11 is 0.